The lowest BCUT2D eigenvalue weighted by atomic mass is 10.2. The van der Waals surface area contributed by atoms with Crippen LogP contribution in [-0.4, -0.2) is 15.3 Å². The topological polar surface area (TPSA) is 58.7 Å². The number of fused-ring (bicyclic) bond motifs is 3. The lowest BCUT2D eigenvalue weighted by Gasteiger charge is -2.08. The van der Waals surface area contributed by atoms with Gasteiger partial charge in [0.15, 0.2) is 5.16 Å². The number of thioether (sulfide) groups is 1. The van der Waals surface area contributed by atoms with Gasteiger partial charge in [0.1, 0.15) is 4.83 Å². The van der Waals surface area contributed by atoms with Crippen LogP contribution in [0.25, 0.3) is 10.2 Å². The Bertz CT molecular complexity index is 739. The number of aryl methyl sites for hydroxylation is 2. The van der Waals surface area contributed by atoms with Crippen molar-refractivity contribution < 1.29 is 0 Å². The standard InChI is InChI=1S/C13H13N3OS2/c1-2-16-12(17)10-8-4-3-5-9(8)19-11(10)15-13(16)18-7-6-14/h2-5,7H2,1H3. The molecule has 2 heterocycles. The number of hydrogen-bond acceptors (Lipinski definition) is 5. The highest BCUT2D eigenvalue weighted by Gasteiger charge is 2.22. The highest BCUT2D eigenvalue weighted by atomic mass is 32.2. The predicted octanol–water partition coefficient (Wildman–Crippen LogP) is 2.58. The number of nitrogens with zero attached hydrogens (tertiary/aromatic N) is 3. The van der Waals surface area contributed by atoms with Crippen LogP contribution in [0, 0.1) is 11.3 Å². The molecule has 19 heavy (non-hydrogen) atoms. The fourth-order valence-corrected chi connectivity index (χ4v) is 4.57. The van der Waals surface area contributed by atoms with E-state index in [1.807, 2.05) is 6.92 Å². The fraction of sp³-hybridized carbons (Fsp3) is 0.462. The lowest BCUT2D eigenvalue weighted by molar-refractivity contribution is 0.635. The molecule has 98 valence electrons. The maximum Gasteiger partial charge on any atom is 0.263 e. The SMILES string of the molecule is CCn1c(SCC#N)nc2sc3c(c2c1=O)CCC3. The van der Waals surface area contributed by atoms with Crippen LogP contribution < -0.4 is 5.56 Å². The van der Waals surface area contributed by atoms with Crippen LogP contribution in [0.2, 0.25) is 0 Å². The van der Waals surface area contributed by atoms with E-state index in [9.17, 15) is 4.79 Å². The van der Waals surface area contributed by atoms with Crippen molar-refractivity contribution in [3.8, 4) is 6.07 Å². The van der Waals surface area contributed by atoms with E-state index in [2.05, 4.69) is 11.1 Å². The molecule has 0 radical (unpaired) electrons. The van der Waals surface area contributed by atoms with Gasteiger partial charge in [-0.05, 0) is 31.7 Å². The third kappa shape index (κ3) is 1.97. The normalized spacial score (nSPS) is 13.7. The van der Waals surface area contributed by atoms with Crippen LogP contribution >= 0.6 is 23.1 Å². The molecule has 2 aromatic rings. The van der Waals surface area contributed by atoms with Gasteiger partial charge in [-0.15, -0.1) is 11.3 Å². The molecule has 0 aromatic carbocycles. The first-order valence-corrected chi connectivity index (χ1v) is 8.11. The van der Waals surface area contributed by atoms with Crippen molar-refractivity contribution in [3.63, 3.8) is 0 Å². The molecule has 0 saturated carbocycles. The molecule has 0 saturated heterocycles. The quantitative estimate of drug-likeness (QED) is 0.644. The molecule has 6 heteroatoms. The lowest BCUT2D eigenvalue weighted by Crippen LogP contribution is -2.22. The van der Waals surface area contributed by atoms with Gasteiger partial charge in [0.05, 0.1) is 17.2 Å². The van der Waals surface area contributed by atoms with Crippen molar-refractivity contribution in [3.05, 3.63) is 20.8 Å². The highest BCUT2D eigenvalue weighted by Crippen LogP contribution is 2.35. The van der Waals surface area contributed by atoms with E-state index < -0.39 is 0 Å². The Balaban J connectivity index is 2.25. The molecule has 0 unspecified atom stereocenters. The van der Waals surface area contributed by atoms with Gasteiger partial charge in [-0.1, -0.05) is 11.8 Å². The molecule has 2 aromatic heterocycles. The first kappa shape index (κ1) is 12.7. The summed E-state index contributed by atoms with van der Waals surface area (Å²) in [5, 5.41) is 10.2. The minimum Gasteiger partial charge on any atom is -0.287 e. The smallest absolute Gasteiger partial charge is 0.263 e. The average Bonchev–Trinajstić information content (AvgIpc) is 2.96. The zero-order valence-electron chi connectivity index (χ0n) is 10.6. The Labute approximate surface area is 119 Å². The summed E-state index contributed by atoms with van der Waals surface area (Å²) in [7, 11) is 0. The molecular formula is C13H13N3OS2. The van der Waals surface area contributed by atoms with E-state index in [0.717, 1.165) is 29.5 Å². The second-order valence-corrected chi connectivity index (χ2v) is 6.45. The molecule has 0 N–H and O–H groups in total. The molecule has 0 bridgehead atoms. The van der Waals surface area contributed by atoms with Crippen LogP contribution in [0.4, 0.5) is 0 Å². The van der Waals surface area contributed by atoms with Crippen molar-refractivity contribution in [2.24, 2.45) is 0 Å². The Morgan fingerprint density at radius 1 is 1.53 bits per heavy atom. The minimum absolute atomic E-state index is 0.0624. The third-order valence-corrected chi connectivity index (χ3v) is 5.40. The zero-order valence-corrected chi connectivity index (χ0v) is 12.2. The van der Waals surface area contributed by atoms with Crippen LogP contribution in [0.3, 0.4) is 0 Å². The van der Waals surface area contributed by atoms with E-state index in [0.29, 0.717) is 17.5 Å². The number of aromatic nitrogens is 2. The van der Waals surface area contributed by atoms with Gasteiger partial charge >= 0.3 is 0 Å². The fourth-order valence-electron chi connectivity index (χ4n) is 2.54. The average molecular weight is 291 g/mol. The van der Waals surface area contributed by atoms with Crippen LogP contribution in [0.15, 0.2) is 9.95 Å². The van der Waals surface area contributed by atoms with E-state index in [1.54, 1.807) is 15.9 Å². The maximum absolute atomic E-state index is 12.6. The molecule has 1 aliphatic rings. The summed E-state index contributed by atoms with van der Waals surface area (Å²) in [6.45, 7) is 2.54. The Morgan fingerprint density at radius 3 is 3.11 bits per heavy atom. The van der Waals surface area contributed by atoms with Crippen molar-refractivity contribution in [2.45, 2.75) is 37.9 Å². The summed E-state index contributed by atoms with van der Waals surface area (Å²) in [5.74, 6) is 0.322. The number of hydrogen-bond donors (Lipinski definition) is 0. The zero-order chi connectivity index (χ0) is 13.4. The molecule has 4 nitrogen and oxygen atoms in total. The summed E-state index contributed by atoms with van der Waals surface area (Å²) in [6.07, 6.45) is 3.22. The van der Waals surface area contributed by atoms with Crippen molar-refractivity contribution in [2.75, 3.05) is 5.75 Å². The Hall–Kier alpha value is -1.32. The number of nitriles is 1. The first-order valence-electron chi connectivity index (χ1n) is 6.31. The number of thiophene rings is 1. The van der Waals surface area contributed by atoms with Crippen LogP contribution in [-0.2, 0) is 19.4 Å². The second kappa shape index (κ2) is 4.99. The third-order valence-electron chi connectivity index (χ3n) is 3.37. The largest absolute Gasteiger partial charge is 0.287 e. The second-order valence-electron chi connectivity index (χ2n) is 4.43. The molecule has 0 amide bonds. The summed E-state index contributed by atoms with van der Waals surface area (Å²) >= 11 is 2.99. The predicted molar refractivity (Wildman–Crippen MR) is 77.9 cm³/mol. The van der Waals surface area contributed by atoms with Crippen molar-refractivity contribution >= 4 is 33.3 Å². The van der Waals surface area contributed by atoms with E-state index in [-0.39, 0.29) is 5.56 Å². The summed E-state index contributed by atoms with van der Waals surface area (Å²) in [6, 6.07) is 2.08. The molecule has 0 atom stereocenters. The summed E-state index contributed by atoms with van der Waals surface area (Å²) in [5.41, 5.74) is 1.28. The van der Waals surface area contributed by atoms with Gasteiger partial charge < -0.3 is 0 Å². The first-order chi connectivity index (χ1) is 9.26. The van der Waals surface area contributed by atoms with E-state index in [4.69, 9.17) is 5.26 Å². The summed E-state index contributed by atoms with van der Waals surface area (Å²) in [4.78, 5) is 19.4. The van der Waals surface area contributed by atoms with Gasteiger partial charge in [-0.3, -0.25) is 9.36 Å². The van der Waals surface area contributed by atoms with Gasteiger partial charge in [-0.25, -0.2) is 4.98 Å². The summed E-state index contributed by atoms with van der Waals surface area (Å²) < 4.78 is 1.69. The van der Waals surface area contributed by atoms with Gasteiger partial charge in [-0.2, -0.15) is 5.26 Å². The van der Waals surface area contributed by atoms with Crippen molar-refractivity contribution in [1.29, 1.82) is 5.26 Å². The van der Waals surface area contributed by atoms with Crippen LogP contribution in [0.5, 0.6) is 0 Å². The molecule has 1 aliphatic carbocycles. The molecule has 0 fully saturated rings. The van der Waals surface area contributed by atoms with Gasteiger partial charge in [0.2, 0.25) is 0 Å². The van der Waals surface area contributed by atoms with Gasteiger partial charge in [0, 0.05) is 11.4 Å². The Kier molecular flexibility index (Phi) is 3.33. The highest BCUT2D eigenvalue weighted by molar-refractivity contribution is 7.99. The van der Waals surface area contributed by atoms with Crippen molar-refractivity contribution in [1.82, 2.24) is 9.55 Å². The van der Waals surface area contributed by atoms with E-state index >= 15 is 0 Å². The van der Waals surface area contributed by atoms with E-state index in [1.165, 1.54) is 22.2 Å². The monoisotopic (exact) mass is 291 g/mol. The van der Waals surface area contributed by atoms with Gasteiger partial charge in [0.25, 0.3) is 5.56 Å². The maximum atomic E-state index is 12.6. The molecule has 0 spiro atoms. The minimum atomic E-state index is 0.0624. The number of rotatable bonds is 3. The molecule has 3 rings (SSSR count). The van der Waals surface area contributed by atoms with Crippen LogP contribution in [0.1, 0.15) is 23.8 Å². The Morgan fingerprint density at radius 2 is 2.37 bits per heavy atom. The molecular weight excluding hydrogens is 278 g/mol. The molecule has 0 aliphatic heterocycles.